The van der Waals surface area contributed by atoms with Gasteiger partial charge in [0, 0.05) is 6.54 Å². The normalized spacial score (nSPS) is 12.1. The van der Waals surface area contributed by atoms with Gasteiger partial charge in [-0.15, -0.1) is 0 Å². The second-order valence-corrected chi connectivity index (χ2v) is 9.33. The van der Waals surface area contributed by atoms with Crippen LogP contribution in [0.25, 0.3) is 0 Å². The Balaban J connectivity index is 2.33. The quantitative estimate of drug-likeness (QED) is 0.545. The smallest absolute Gasteiger partial charge is 0.253 e. The summed E-state index contributed by atoms with van der Waals surface area (Å²) in [5.41, 5.74) is 1.99. The molecule has 2 aromatic carbocycles. The fraction of sp³-hybridized carbons (Fsp3) is 0.391. The van der Waals surface area contributed by atoms with E-state index < -0.39 is 22.0 Å². The molecule has 0 radical (unpaired) electrons. The molecule has 0 saturated heterocycles. The van der Waals surface area contributed by atoms with Gasteiger partial charge in [0.25, 0.3) is 5.91 Å². The molecule has 2 aromatic rings. The van der Waals surface area contributed by atoms with E-state index in [0.717, 1.165) is 29.0 Å². The van der Waals surface area contributed by atoms with Crippen LogP contribution in [0, 0.1) is 6.92 Å². The molecule has 0 spiro atoms. The average Bonchev–Trinajstić information content (AvgIpc) is 2.71. The monoisotopic (exact) mass is 445 g/mol. The number of para-hydroxylation sites is 1. The molecule has 0 saturated carbocycles. The zero-order valence-corrected chi connectivity index (χ0v) is 19.3. The number of rotatable bonds is 10. The Morgan fingerprint density at radius 2 is 1.77 bits per heavy atom. The molecule has 2 rings (SSSR count). The summed E-state index contributed by atoms with van der Waals surface area (Å²) in [6.45, 7) is 6.19. The van der Waals surface area contributed by atoms with Crippen molar-refractivity contribution < 1.29 is 18.0 Å². The van der Waals surface area contributed by atoms with Gasteiger partial charge in [0.05, 0.1) is 23.2 Å². The Morgan fingerprint density at radius 3 is 2.39 bits per heavy atom. The van der Waals surface area contributed by atoms with E-state index in [1.165, 1.54) is 0 Å². The molecular formula is C23H31N3O4S. The number of hydrogen-bond donors (Lipinski definition) is 2. The lowest BCUT2D eigenvalue weighted by atomic mass is 10.1. The second kappa shape index (κ2) is 10.9. The van der Waals surface area contributed by atoms with E-state index in [-0.39, 0.29) is 12.3 Å². The van der Waals surface area contributed by atoms with Crippen molar-refractivity contribution in [2.75, 3.05) is 22.4 Å². The van der Waals surface area contributed by atoms with Crippen LogP contribution in [0.1, 0.15) is 49.0 Å². The number of hydrogen-bond acceptors (Lipinski definition) is 4. The van der Waals surface area contributed by atoms with Crippen molar-refractivity contribution in [2.45, 2.75) is 46.1 Å². The lowest BCUT2D eigenvalue weighted by Gasteiger charge is -2.30. The highest BCUT2D eigenvalue weighted by molar-refractivity contribution is 7.92. The summed E-state index contributed by atoms with van der Waals surface area (Å²) < 4.78 is 26.3. The number of aryl methyl sites for hydroxylation is 1. The standard InChI is InChI=1S/C23H31N3O4S/c1-5-7-15-24-22(27)19-13-8-9-14-20(19)25-23(28)21(6-2)26(31(4,29)30)18-12-10-11-17(3)16-18/h8-14,16,21H,5-7,15H2,1-4H3,(H,24,27)(H,25,28)/t21-/m0/s1. The highest BCUT2D eigenvalue weighted by atomic mass is 32.2. The van der Waals surface area contributed by atoms with Crippen molar-refractivity contribution >= 4 is 33.2 Å². The van der Waals surface area contributed by atoms with Crippen LogP contribution in [0.5, 0.6) is 0 Å². The molecule has 7 nitrogen and oxygen atoms in total. The van der Waals surface area contributed by atoms with Crippen molar-refractivity contribution in [2.24, 2.45) is 0 Å². The topological polar surface area (TPSA) is 95.6 Å². The summed E-state index contributed by atoms with van der Waals surface area (Å²) >= 11 is 0. The Hall–Kier alpha value is -2.87. The molecule has 168 valence electrons. The third-order valence-corrected chi connectivity index (χ3v) is 6.01. The zero-order valence-electron chi connectivity index (χ0n) is 18.5. The second-order valence-electron chi connectivity index (χ2n) is 7.47. The molecule has 0 aliphatic carbocycles. The van der Waals surface area contributed by atoms with Gasteiger partial charge in [-0.3, -0.25) is 13.9 Å². The highest BCUT2D eigenvalue weighted by Gasteiger charge is 2.32. The largest absolute Gasteiger partial charge is 0.352 e. The van der Waals surface area contributed by atoms with E-state index in [2.05, 4.69) is 10.6 Å². The number of carbonyl (C=O) groups is 2. The van der Waals surface area contributed by atoms with E-state index in [1.54, 1.807) is 49.4 Å². The number of sulfonamides is 1. The Morgan fingerprint density at radius 1 is 1.06 bits per heavy atom. The van der Waals surface area contributed by atoms with E-state index in [4.69, 9.17) is 0 Å². The van der Waals surface area contributed by atoms with Gasteiger partial charge >= 0.3 is 0 Å². The number of nitrogens with one attached hydrogen (secondary N) is 2. The van der Waals surface area contributed by atoms with Gasteiger partial charge in [-0.05, 0) is 49.6 Å². The first kappa shape index (κ1) is 24.4. The molecule has 1 atom stereocenters. The Bertz CT molecular complexity index is 1020. The molecule has 0 heterocycles. The van der Waals surface area contributed by atoms with Crippen LogP contribution < -0.4 is 14.9 Å². The van der Waals surface area contributed by atoms with Gasteiger partial charge in [0.1, 0.15) is 6.04 Å². The van der Waals surface area contributed by atoms with Crippen LogP contribution in [0.2, 0.25) is 0 Å². The van der Waals surface area contributed by atoms with E-state index >= 15 is 0 Å². The van der Waals surface area contributed by atoms with Gasteiger partial charge in [-0.25, -0.2) is 8.42 Å². The van der Waals surface area contributed by atoms with Crippen LogP contribution in [0.15, 0.2) is 48.5 Å². The van der Waals surface area contributed by atoms with E-state index in [0.29, 0.717) is 23.5 Å². The summed E-state index contributed by atoms with van der Waals surface area (Å²) in [5, 5.41) is 5.60. The maximum absolute atomic E-state index is 13.2. The maximum atomic E-state index is 13.2. The molecule has 0 aromatic heterocycles. The number of nitrogens with zero attached hydrogens (tertiary/aromatic N) is 1. The van der Waals surface area contributed by atoms with E-state index in [1.807, 2.05) is 19.9 Å². The SMILES string of the molecule is CCCCNC(=O)c1ccccc1NC(=O)[C@H](CC)N(c1cccc(C)c1)S(C)(=O)=O. The highest BCUT2D eigenvalue weighted by Crippen LogP contribution is 2.25. The molecular weight excluding hydrogens is 414 g/mol. The third kappa shape index (κ3) is 6.55. The molecule has 2 amide bonds. The zero-order chi connectivity index (χ0) is 23.0. The van der Waals surface area contributed by atoms with Crippen molar-refractivity contribution in [1.29, 1.82) is 0 Å². The van der Waals surface area contributed by atoms with E-state index in [9.17, 15) is 18.0 Å². The fourth-order valence-corrected chi connectivity index (χ4v) is 4.51. The van der Waals surface area contributed by atoms with Gasteiger partial charge in [0.15, 0.2) is 0 Å². The summed E-state index contributed by atoms with van der Waals surface area (Å²) in [5.74, 6) is -0.778. The Kier molecular flexibility index (Phi) is 8.62. The van der Waals surface area contributed by atoms with Crippen LogP contribution in [0.3, 0.4) is 0 Å². The summed E-state index contributed by atoms with van der Waals surface area (Å²) in [6.07, 6.45) is 3.16. The van der Waals surface area contributed by atoms with Crippen LogP contribution >= 0.6 is 0 Å². The first-order valence-corrected chi connectivity index (χ1v) is 12.3. The molecule has 0 aliphatic rings. The van der Waals surface area contributed by atoms with Crippen LogP contribution in [-0.4, -0.2) is 39.1 Å². The molecule has 0 fully saturated rings. The predicted octanol–water partition coefficient (Wildman–Crippen LogP) is 3.71. The number of amides is 2. The predicted molar refractivity (Wildman–Crippen MR) is 125 cm³/mol. The van der Waals surface area contributed by atoms with Crippen molar-refractivity contribution in [3.8, 4) is 0 Å². The lowest BCUT2D eigenvalue weighted by Crippen LogP contribution is -2.47. The molecule has 0 bridgehead atoms. The molecule has 8 heteroatoms. The number of benzene rings is 2. The maximum Gasteiger partial charge on any atom is 0.253 e. The van der Waals surface area contributed by atoms with Crippen molar-refractivity contribution in [3.05, 3.63) is 59.7 Å². The third-order valence-electron chi connectivity index (χ3n) is 4.83. The van der Waals surface area contributed by atoms with Crippen LogP contribution in [0.4, 0.5) is 11.4 Å². The van der Waals surface area contributed by atoms with Gasteiger partial charge in [-0.2, -0.15) is 0 Å². The number of unbranched alkanes of at least 4 members (excludes halogenated alkanes) is 1. The van der Waals surface area contributed by atoms with Crippen LogP contribution in [-0.2, 0) is 14.8 Å². The summed E-state index contributed by atoms with van der Waals surface area (Å²) in [4.78, 5) is 25.7. The number of anilines is 2. The van der Waals surface area contributed by atoms with Crippen molar-refractivity contribution in [1.82, 2.24) is 5.32 Å². The lowest BCUT2D eigenvalue weighted by molar-refractivity contribution is -0.117. The van der Waals surface area contributed by atoms with Gasteiger partial charge in [0.2, 0.25) is 15.9 Å². The summed E-state index contributed by atoms with van der Waals surface area (Å²) in [7, 11) is -3.73. The minimum absolute atomic E-state index is 0.262. The fourth-order valence-electron chi connectivity index (χ4n) is 3.31. The first-order valence-electron chi connectivity index (χ1n) is 10.4. The molecule has 2 N–H and O–H groups in total. The Labute approximate surface area is 184 Å². The summed E-state index contributed by atoms with van der Waals surface area (Å²) in [6, 6.07) is 12.7. The molecule has 0 aliphatic heterocycles. The number of carbonyl (C=O) groups excluding carboxylic acids is 2. The van der Waals surface area contributed by atoms with Crippen molar-refractivity contribution in [3.63, 3.8) is 0 Å². The van der Waals surface area contributed by atoms with Gasteiger partial charge in [-0.1, -0.05) is 44.5 Å². The van der Waals surface area contributed by atoms with Gasteiger partial charge < -0.3 is 10.6 Å². The average molecular weight is 446 g/mol. The molecule has 31 heavy (non-hydrogen) atoms. The molecule has 0 unspecified atom stereocenters. The first-order chi connectivity index (χ1) is 14.7. The minimum atomic E-state index is -3.73. The minimum Gasteiger partial charge on any atom is -0.352 e.